The van der Waals surface area contributed by atoms with Crippen molar-refractivity contribution in [2.75, 3.05) is 106 Å². The molecule has 0 bridgehead atoms. The maximum Gasteiger partial charge on any atom is 0.257 e. The lowest BCUT2D eigenvalue weighted by molar-refractivity contribution is 0.0821. The van der Waals surface area contributed by atoms with E-state index in [1.807, 2.05) is 18.4 Å². The Hall–Kier alpha value is -3.20. The number of methoxy groups -OCH3 is 1. The highest BCUT2D eigenvalue weighted by Gasteiger charge is 2.47. The van der Waals surface area contributed by atoms with Gasteiger partial charge < -0.3 is 38.5 Å². The molecule has 3 fully saturated rings. The van der Waals surface area contributed by atoms with Gasteiger partial charge in [0.25, 0.3) is 11.1 Å². The van der Waals surface area contributed by atoms with E-state index in [1.165, 1.54) is 12.8 Å². The molecule has 0 radical (unpaired) electrons. The molecule has 6 heterocycles. The topological polar surface area (TPSA) is 120 Å². The fraction of sp³-hybridized carbons (Fsp3) is 0.765. The number of morpholine rings is 2. The standard InChI is InChI=1S/C17H26N4O3.C17H28N4O3/c1-23-9-8-21-16-18-14(19-6-10-24-11-7-19)12-15(22)20(16)13-17(21)4-2-3-5-17;1-13(2)24-10-7-21-16-18-14(19-5-8-23-9-6-19)11-15(22)20(16)12-17(21,3)4/h12H,2-11,13H2,1H3;11,13H,5-10,12H2,1-4H3. The third-order valence-electron chi connectivity index (χ3n) is 10.2. The van der Waals surface area contributed by atoms with Crippen molar-refractivity contribution in [3.63, 3.8) is 0 Å². The van der Waals surface area contributed by atoms with Crippen molar-refractivity contribution in [3.8, 4) is 0 Å². The van der Waals surface area contributed by atoms with Crippen LogP contribution in [-0.2, 0) is 32.0 Å². The quantitative estimate of drug-likeness (QED) is 0.388. The third kappa shape index (κ3) is 7.22. The summed E-state index contributed by atoms with van der Waals surface area (Å²) in [6.07, 6.45) is 4.91. The molecule has 0 amide bonds. The Morgan fingerprint density at radius 1 is 0.771 bits per heavy atom. The SMILES string of the molecule is CC(C)OCCN1c2nc(N3CCOCC3)cc(=O)n2CC1(C)C.COCCN1c2nc(N3CCOCC3)cc(=O)n2CC12CCCC2. The molecule has 7 rings (SSSR count). The molecule has 0 unspecified atom stereocenters. The van der Waals surface area contributed by atoms with Crippen molar-refractivity contribution in [2.45, 2.75) is 83.6 Å². The second kappa shape index (κ2) is 14.7. The number of hydrogen-bond acceptors (Lipinski definition) is 12. The molecule has 0 N–H and O–H groups in total. The van der Waals surface area contributed by atoms with E-state index in [0.29, 0.717) is 46.2 Å². The zero-order chi connectivity index (χ0) is 33.9. The second-order valence-electron chi connectivity index (χ2n) is 14.3. The average molecular weight is 671 g/mol. The van der Waals surface area contributed by atoms with E-state index in [-0.39, 0.29) is 28.3 Å². The van der Waals surface area contributed by atoms with E-state index < -0.39 is 0 Å². The normalized spacial score (nSPS) is 21.1. The molecule has 48 heavy (non-hydrogen) atoms. The monoisotopic (exact) mass is 670 g/mol. The van der Waals surface area contributed by atoms with Crippen LogP contribution < -0.4 is 30.7 Å². The summed E-state index contributed by atoms with van der Waals surface area (Å²) >= 11 is 0. The van der Waals surface area contributed by atoms with Gasteiger partial charge in [-0.05, 0) is 40.5 Å². The van der Waals surface area contributed by atoms with E-state index in [2.05, 4.69) is 33.4 Å². The van der Waals surface area contributed by atoms with Crippen LogP contribution in [0.4, 0.5) is 23.5 Å². The van der Waals surface area contributed by atoms with Crippen molar-refractivity contribution in [1.82, 2.24) is 19.1 Å². The zero-order valence-corrected chi connectivity index (χ0v) is 29.5. The van der Waals surface area contributed by atoms with Crippen LogP contribution >= 0.6 is 0 Å². The fourth-order valence-corrected chi connectivity index (χ4v) is 7.68. The lowest BCUT2D eigenvalue weighted by Crippen LogP contribution is -2.46. The van der Waals surface area contributed by atoms with Crippen LogP contribution in [0, 0.1) is 0 Å². The van der Waals surface area contributed by atoms with Gasteiger partial charge in [-0.1, -0.05) is 12.8 Å². The first-order valence-corrected chi connectivity index (χ1v) is 17.7. The van der Waals surface area contributed by atoms with Gasteiger partial charge in [0.05, 0.1) is 69.9 Å². The largest absolute Gasteiger partial charge is 0.383 e. The van der Waals surface area contributed by atoms with Crippen LogP contribution in [-0.4, -0.2) is 122 Å². The number of aromatic nitrogens is 4. The first-order chi connectivity index (χ1) is 23.1. The Bertz CT molecular complexity index is 1510. The fourth-order valence-electron chi connectivity index (χ4n) is 7.68. The number of anilines is 4. The molecule has 1 saturated carbocycles. The molecular weight excluding hydrogens is 616 g/mol. The predicted octanol–water partition coefficient (Wildman–Crippen LogP) is 1.96. The van der Waals surface area contributed by atoms with Gasteiger partial charge in [0, 0.05) is 58.5 Å². The van der Waals surface area contributed by atoms with Gasteiger partial charge in [-0.15, -0.1) is 0 Å². The van der Waals surface area contributed by atoms with Gasteiger partial charge >= 0.3 is 0 Å². The summed E-state index contributed by atoms with van der Waals surface area (Å²) in [6.45, 7) is 18.4. The molecule has 2 aromatic heterocycles. The summed E-state index contributed by atoms with van der Waals surface area (Å²) in [5.41, 5.74) is -0.0145. The van der Waals surface area contributed by atoms with E-state index in [4.69, 9.17) is 28.9 Å². The number of fused-ring (bicyclic) bond motifs is 2. The van der Waals surface area contributed by atoms with Gasteiger partial charge in [0.15, 0.2) is 0 Å². The first-order valence-electron chi connectivity index (χ1n) is 17.7. The van der Waals surface area contributed by atoms with Crippen LogP contribution in [0.5, 0.6) is 0 Å². The summed E-state index contributed by atoms with van der Waals surface area (Å²) in [5.74, 6) is 3.11. The van der Waals surface area contributed by atoms with Crippen LogP contribution in [0.1, 0.15) is 53.4 Å². The molecular formula is C34H54N8O6. The molecule has 1 aliphatic carbocycles. The molecule has 0 aromatic carbocycles. The van der Waals surface area contributed by atoms with Crippen molar-refractivity contribution in [3.05, 3.63) is 32.8 Å². The second-order valence-corrected chi connectivity index (χ2v) is 14.3. The summed E-state index contributed by atoms with van der Waals surface area (Å²) in [6, 6.07) is 3.34. The number of rotatable bonds is 9. The lowest BCUT2D eigenvalue weighted by atomic mass is 9.97. The minimum atomic E-state index is -0.150. The smallest absolute Gasteiger partial charge is 0.257 e. The van der Waals surface area contributed by atoms with Crippen LogP contribution in [0.3, 0.4) is 0 Å². The molecule has 2 aromatic rings. The molecule has 14 nitrogen and oxygen atoms in total. The molecule has 266 valence electrons. The van der Waals surface area contributed by atoms with Crippen molar-refractivity contribution in [2.24, 2.45) is 0 Å². The van der Waals surface area contributed by atoms with Crippen molar-refractivity contribution < 1.29 is 18.9 Å². The molecule has 4 aliphatic heterocycles. The maximum absolute atomic E-state index is 12.7. The van der Waals surface area contributed by atoms with Gasteiger partial charge in [0.2, 0.25) is 11.9 Å². The molecule has 0 atom stereocenters. The Labute approximate surface area is 283 Å². The van der Waals surface area contributed by atoms with Crippen molar-refractivity contribution in [1.29, 1.82) is 0 Å². The van der Waals surface area contributed by atoms with E-state index in [9.17, 15) is 9.59 Å². The summed E-state index contributed by atoms with van der Waals surface area (Å²) in [5, 5.41) is 0. The summed E-state index contributed by atoms with van der Waals surface area (Å²) in [7, 11) is 1.72. The number of ether oxygens (including phenoxy) is 4. The van der Waals surface area contributed by atoms with Crippen LogP contribution in [0.25, 0.3) is 0 Å². The van der Waals surface area contributed by atoms with E-state index in [1.54, 1.807) is 23.8 Å². The summed E-state index contributed by atoms with van der Waals surface area (Å²) in [4.78, 5) is 43.9. The van der Waals surface area contributed by atoms with E-state index in [0.717, 1.165) is 82.2 Å². The van der Waals surface area contributed by atoms with Crippen molar-refractivity contribution >= 4 is 23.5 Å². The zero-order valence-electron chi connectivity index (χ0n) is 29.5. The lowest BCUT2D eigenvalue weighted by Gasteiger charge is -2.35. The Morgan fingerprint density at radius 2 is 1.27 bits per heavy atom. The van der Waals surface area contributed by atoms with Gasteiger partial charge in [0.1, 0.15) is 11.6 Å². The number of nitrogens with zero attached hydrogens (tertiary/aromatic N) is 8. The highest BCUT2D eigenvalue weighted by atomic mass is 16.5. The minimum absolute atomic E-state index is 0.0156. The highest BCUT2D eigenvalue weighted by molar-refractivity contribution is 5.50. The molecule has 1 spiro atoms. The van der Waals surface area contributed by atoms with Crippen LogP contribution in [0.15, 0.2) is 21.7 Å². The van der Waals surface area contributed by atoms with Gasteiger partial charge in [-0.25, -0.2) is 0 Å². The molecule has 5 aliphatic rings. The first kappa shape index (κ1) is 34.7. The Morgan fingerprint density at radius 3 is 1.79 bits per heavy atom. The highest BCUT2D eigenvalue weighted by Crippen LogP contribution is 2.43. The van der Waals surface area contributed by atoms with E-state index >= 15 is 0 Å². The third-order valence-corrected chi connectivity index (χ3v) is 10.2. The maximum atomic E-state index is 12.7. The van der Waals surface area contributed by atoms with Gasteiger partial charge in [-0.3, -0.25) is 18.7 Å². The molecule has 2 saturated heterocycles. The average Bonchev–Trinajstić information content (AvgIpc) is 3.75. The predicted molar refractivity (Wildman–Crippen MR) is 186 cm³/mol. The Kier molecular flexibility index (Phi) is 10.6. The minimum Gasteiger partial charge on any atom is -0.383 e. The summed E-state index contributed by atoms with van der Waals surface area (Å²) < 4.78 is 25.5. The number of hydrogen-bond donors (Lipinski definition) is 0. The van der Waals surface area contributed by atoms with Gasteiger partial charge in [-0.2, -0.15) is 9.97 Å². The molecule has 14 heteroatoms. The van der Waals surface area contributed by atoms with Crippen LogP contribution in [0.2, 0.25) is 0 Å². The Balaban J connectivity index is 0.000000167.